The number of fused-ring (bicyclic) bond motifs is 1. The number of nitrogens with one attached hydrogen (secondary N) is 1. The molecule has 68 valence electrons. The van der Waals surface area contributed by atoms with Gasteiger partial charge in [0.2, 0.25) is 0 Å². The first-order valence-corrected chi connectivity index (χ1v) is 4.83. The van der Waals surface area contributed by atoms with E-state index in [0.717, 1.165) is 17.5 Å². The molecule has 0 amide bonds. The van der Waals surface area contributed by atoms with Crippen LogP contribution < -0.4 is 0 Å². The first-order valence-electron chi connectivity index (χ1n) is 4.04. The summed E-state index contributed by atoms with van der Waals surface area (Å²) >= 11 is 3.15. The van der Waals surface area contributed by atoms with Crippen LogP contribution in [0.2, 0.25) is 0 Å². The van der Waals surface area contributed by atoms with Crippen LogP contribution >= 0.6 is 15.9 Å². The first-order chi connectivity index (χ1) is 6.22. The van der Waals surface area contributed by atoms with Crippen LogP contribution in [0.1, 0.15) is 12.6 Å². The Balaban J connectivity index is 2.77. The maximum absolute atomic E-state index is 13.1. The number of hydrogen-bond acceptors (Lipinski definition) is 1. The van der Waals surface area contributed by atoms with Crippen LogP contribution in [-0.2, 0) is 6.42 Å². The van der Waals surface area contributed by atoms with Crippen molar-refractivity contribution in [2.24, 2.45) is 0 Å². The fourth-order valence-corrected chi connectivity index (χ4v) is 1.67. The lowest BCUT2D eigenvalue weighted by Crippen LogP contribution is -1.80. The lowest BCUT2D eigenvalue weighted by molar-refractivity contribution is 0.623. The number of nitrogens with zero attached hydrogens (tertiary/aromatic N) is 1. The van der Waals surface area contributed by atoms with Gasteiger partial charge in [0.05, 0.1) is 9.99 Å². The van der Waals surface area contributed by atoms with Crippen molar-refractivity contribution < 1.29 is 4.39 Å². The van der Waals surface area contributed by atoms with Crippen LogP contribution in [0.3, 0.4) is 0 Å². The van der Waals surface area contributed by atoms with Gasteiger partial charge in [-0.05, 0) is 28.4 Å². The van der Waals surface area contributed by atoms with Crippen LogP contribution in [0, 0.1) is 5.82 Å². The molecule has 0 unspecified atom stereocenters. The Bertz CT molecular complexity index is 450. The summed E-state index contributed by atoms with van der Waals surface area (Å²) in [6.45, 7) is 2.03. The second kappa shape index (κ2) is 3.10. The number of benzene rings is 1. The smallest absolute Gasteiger partial charge is 0.139 e. The molecule has 0 radical (unpaired) electrons. The van der Waals surface area contributed by atoms with E-state index in [2.05, 4.69) is 26.1 Å². The lowest BCUT2D eigenvalue weighted by Gasteiger charge is -1.95. The maximum atomic E-state index is 13.1. The van der Waals surface area contributed by atoms with Gasteiger partial charge in [-0.15, -0.1) is 0 Å². The van der Waals surface area contributed by atoms with Crippen molar-refractivity contribution in [3.63, 3.8) is 0 Å². The Morgan fingerprint density at radius 2 is 2.31 bits per heavy atom. The van der Waals surface area contributed by atoms with Crippen LogP contribution in [0.25, 0.3) is 10.9 Å². The molecule has 0 atom stereocenters. The van der Waals surface area contributed by atoms with Gasteiger partial charge >= 0.3 is 0 Å². The Hall–Kier alpha value is -0.900. The number of rotatable bonds is 1. The highest BCUT2D eigenvalue weighted by atomic mass is 79.9. The molecular formula is C9H8BrFN2. The predicted molar refractivity (Wildman–Crippen MR) is 53.1 cm³/mol. The zero-order valence-electron chi connectivity index (χ0n) is 7.06. The summed E-state index contributed by atoms with van der Waals surface area (Å²) < 4.78 is 13.5. The molecule has 1 aromatic heterocycles. The summed E-state index contributed by atoms with van der Waals surface area (Å²) in [5.74, 6) is -0.276. The molecule has 1 aromatic carbocycles. The fraction of sp³-hybridized carbons (Fsp3) is 0.222. The topological polar surface area (TPSA) is 28.7 Å². The molecule has 0 aliphatic rings. The molecule has 0 saturated heterocycles. The zero-order valence-corrected chi connectivity index (χ0v) is 8.65. The van der Waals surface area contributed by atoms with Gasteiger partial charge in [0.25, 0.3) is 0 Å². The number of halogens is 2. The number of aromatic nitrogens is 2. The van der Waals surface area contributed by atoms with Gasteiger partial charge in [-0.1, -0.05) is 6.92 Å². The second-order valence-corrected chi connectivity index (χ2v) is 3.69. The molecule has 0 aliphatic heterocycles. The highest BCUT2D eigenvalue weighted by Crippen LogP contribution is 2.24. The average Bonchev–Trinajstić information content (AvgIpc) is 2.48. The molecule has 0 aliphatic carbocycles. The van der Waals surface area contributed by atoms with Crippen molar-refractivity contribution in [3.05, 3.63) is 28.1 Å². The van der Waals surface area contributed by atoms with Crippen LogP contribution in [0.15, 0.2) is 16.6 Å². The minimum atomic E-state index is -0.276. The molecule has 2 nitrogen and oxygen atoms in total. The van der Waals surface area contributed by atoms with Crippen molar-refractivity contribution in [2.75, 3.05) is 0 Å². The number of hydrogen-bond donors (Lipinski definition) is 1. The Kier molecular flexibility index (Phi) is 2.07. The van der Waals surface area contributed by atoms with E-state index >= 15 is 0 Å². The van der Waals surface area contributed by atoms with Crippen molar-refractivity contribution in [1.82, 2.24) is 10.2 Å². The van der Waals surface area contributed by atoms with E-state index in [9.17, 15) is 4.39 Å². The van der Waals surface area contributed by atoms with Gasteiger partial charge in [0.1, 0.15) is 5.82 Å². The zero-order chi connectivity index (χ0) is 9.42. The summed E-state index contributed by atoms with van der Waals surface area (Å²) in [5, 5.41) is 7.87. The first kappa shape index (κ1) is 8.69. The molecule has 2 aromatic rings. The largest absolute Gasteiger partial charge is 0.281 e. The van der Waals surface area contributed by atoms with E-state index in [1.165, 1.54) is 6.07 Å². The molecule has 0 spiro atoms. The summed E-state index contributed by atoms with van der Waals surface area (Å²) in [7, 11) is 0. The van der Waals surface area contributed by atoms with E-state index < -0.39 is 0 Å². The molecule has 0 saturated carbocycles. The van der Waals surface area contributed by atoms with Gasteiger partial charge in [-0.3, -0.25) is 5.10 Å². The maximum Gasteiger partial charge on any atom is 0.139 e. The molecule has 0 bridgehead atoms. The number of aryl methyl sites for hydroxylation is 1. The average molecular weight is 243 g/mol. The van der Waals surface area contributed by atoms with Gasteiger partial charge in [0.15, 0.2) is 0 Å². The fourth-order valence-electron chi connectivity index (χ4n) is 1.33. The van der Waals surface area contributed by atoms with Crippen LogP contribution in [0.4, 0.5) is 4.39 Å². The Labute approximate surface area is 83.3 Å². The standard InChI is InChI=1S/C9H8BrFN2/c1-2-8-5-3-6(10)7(11)4-9(5)13-12-8/h3-4H,2H2,1H3,(H,12,13). The van der Waals surface area contributed by atoms with E-state index in [0.29, 0.717) is 9.99 Å². The molecule has 1 heterocycles. The molecule has 1 N–H and O–H groups in total. The minimum Gasteiger partial charge on any atom is -0.281 e. The van der Waals surface area contributed by atoms with E-state index in [1.807, 2.05) is 6.92 Å². The molecule has 0 fully saturated rings. The summed E-state index contributed by atoms with van der Waals surface area (Å²) in [5.41, 5.74) is 1.72. The quantitative estimate of drug-likeness (QED) is 0.819. The number of aromatic amines is 1. The summed E-state index contributed by atoms with van der Waals surface area (Å²) in [6, 6.07) is 3.18. The second-order valence-electron chi connectivity index (χ2n) is 2.84. The van der Waals surface area contributed by atoms with E-state index in [-0.39, 0.29) is 5.82 Å². The normalized spacial score (nSPS) is 11.0. The summed E-state index contributed by atoms with van der Waals surface area (Å²) in [6.07, 6.45) is 0.870. The SMILES string of the molecule is CCc1[nH]nc2cc(F)c(Br)cc12. The Morgan fingerprint density at radius 1 is 1.54 bits per heavy atom. The highest BCUT2D eigenvalue weighted by Gasteiger charge is 2.07. The highest BCUT2D eigenvalue weighted by molar-refractivity contribution is 9.10. The van der Waals surface area contributed by atoms with Gasteiger partial charge in [0, 0.05) is 17.1 Å². The number of H-pyrrole nitrogens is 1. The van der Waals surface area contributed by atoms with Crippen LogP contribution in [0.5, 0.6) is 0 Å². The third kappa shape index (κ3) is 1.35. The molecular weight excluding hydrogens is 235 g/mol. The molecule has 13 heavy (non-hydrogen) atoms. The van der Waals surface area contributed by atoms with Crippen LogP contribution in [-0.4, -0.2) is 10.2 Å². The van der Waals surface area contributed by atoms with Gasteiger partial charge < -0.3 is 0 Å². The van der Waals surface area contributed by atoms with Crippen molar-refractivity contribution in [1.29, 1.82) is 0 Å². The van der Waals surface area contributed by atoms with E-state index in [1.54, 1.807) is 6.07 Å². The third-order valence-corrected chi connectivity index (χ3v) is 2.64. The lowest BCUT2D eigenvalue weighted by atomic mass is 10.2. The molecule has 2 rings (SSSR count). The van der Waals surface area contributed by atoms with Crippen molar-refractivity contribution in [2.45, 2.75) is 13.3 Å². The monoisotopic (exact) mass is 242 g/mol. The van der Waals surface area contributed by atoms with E-state index in [4.69, 9.17) is 0 Å². The molecule has 4 heteroatoms. The van der Waals surface area contributed by atoms with Gasteiger partial charge in [-0.25, -0.2) is 4.39 Å². The van der Waals surface area contributed by atoms with Gasteiger partial charge in [-0.2, -0.15) is 5.10 Å². The third-order valence-electron chi connectivity index (χ3n) is 2.03. The Morgan fingerprint density at radius 3 is 3.00 bits per heavy atom. The minimum absolute atomic E-state index is 0.276. The predicted octanol–water partition coefficient (Wildman–Crippen LogP) is 3.03. The summed E-state index contributed by atoms with van der Waals surface area (Å²) in [4.78, 5) is 0. The van der Waals surface area contributed by atoms with Crippen molar-refractivity contribution >= 4 is 26.8 Å². The van der Waals surface area contributed by atoms with Crippen molar-refractivity contribution in [3.8, 4) is 0 Å².